The van der Waals surface area contributed by atoms with E-state index >= 15 is 0 Å². The van der Waals surface area contributed by atoms with Crippen LogP contribution in [0, 0.1) is 10.8 Å². The van der Waals surface area contributed by atoms with Crippen LogP contribution < -0.4 is 0 Å². The van der Waals surface area contributed by atoms with Gasteiger partial charge in [0.15, 0.2) is 11.8 Å². The molecule has 2 rings (SSSR count). The summed E-state index contributed by atoms with van der Waals surface area (Å²) in [4.78, 5) is 9.29. The van der Waals surface area contributed by atoms with Gasteiger partial charge in [0.1, 0.15) is 13.2 Å². The maximum Gasteiger partial charge on any atom is 0.193 e. The van der Waals surface area contributed by atoms with Gasteiger partial charge in [-0.3, -0.25) is 0 Å². The second-order valence-electron chi connectivity index (χ2n) is 7.61. The van der Waals surface area contributed by atoms with Gasteiger partial charge in [-0.1, -0.05) is 49.0 Å². The first-order valence-electron chi connectivity index (χ1n) is 7.05. The van der Waals surface area contributed by atoms with Crippen LogP contribution in [0.1, 0.15) is 55.4 Å². The zero-order valence-corrected chi connectivity index (χ0v) is 13.0. The average molecular weight is 282 g/mol. The van der Waals surface area contributed by atoms with Gasteiger partial charge in [-0.05, 0) is 10.8 Å². The Labute approximate surface area is 123 Å². The van der Waals surface area contributed by atoms with Gasteiger partial charge in [0.05, 0.1) is 18.5 Å². The Balaban J connectivity index is 0.00000200. The zero-order chi connectivity index (χ0) is 14.3. The maximum atomic E-state index is 5.66. The molecule has 0 N–H and O–H groups in total. The predicted octanol–water partition coefficient (Wildman–Crippen LogP) is 3.70. The summed E-state index contributed by atoms with van der Waals surface area (Å²) < 4.78 is 11.3. The van der Waals surface area contributed by atoms with Gasteiger partial charge in [0.25, 0.3) is 0 Å². The molecule has 0 radical (unpaired) electrons. The molecule has 4 nitrogen and oxygen atoms in total. The first-order valence-corrected chi connectivity index (χ1v) is 7.05. The van der Waals surface area contributed by atoms with Crippen LogP contribution in [0.3, 0.4) is 0 Å². The van der Waals surface area contributed by atoms with Crippen molar-refractivity contribution in [3.05, 3.63) is 0 Å². The Morgan fingerprint density at radius 2 is 1.20 bits per heavy atom. The van der Waals surface area contributed by atoms with E-state index in [1.54, 1.807) is 0 Å². The van der Waals surface area contributed by atoms with Crippen molar-refractivity contribution in [2.45, 2.75) is 67.5 Å². The summed E-state index contributed by atoms with van der Waals surface area (Å²) in [5.41, 5.74) is 0.294. The van der Waals surface area contributed by atoms with Gasteiger partial charge in [-0.25, -0.2) is 9.98 Å². The molecule has 2 heterocycles. The topological polar surface area (TPSA) is 43.2 Å². The monoisotopic (exact) mass is 282 g/mol. The van der Waals surface area contributed by atoms with Crippen LogP contribution in [0.5, 0.6) is 0 Å². The van der Waals surface area contributed by atoms with Crippen LogP contribution in [-0.4, -0.2) is 37.1 Å². The van der Waals surface area contributed by atoms with Crippen molar-refractivity contribution in [2.24, 2.45) is 20.8 Å². The third-order valence-corrected chi connectivity index (χ3v) is 3.72. The lowest BCUT2D eigenvalue weighted by Gasteiger charge is -2.21. The molecule has 0 spiro atoms. The molecule has 0 aliphatic carbocycles. The molecule has 20 heavy (non-hydrogen) atoms. The number of nitrogens with zero attached hydrogens (tertiary/aromatic N) is 2. The highest BCUT2D eigenvalue weighted by Gasteiger charge is 2.33. The molecule has 0 aromatic carbocycles. The number of rotatable bonds is 2. The smallest absolute Gasteiger partial charge is 0.193 e. The van der Waals surface area contributed by atoms with Crippen molar-refractivity contribution in [2.75, 3.05) is 13.2 Å². The van der Waals surface area contributed by atoms with Crippen LogP contribution in [0.25, 0.3) is 0 Å². The molecule has 4 heteroatoms. The van der Waals surface area contributed by atoms with E-state index in [1.165, 1.54) is 0 Å². The van der Waals surface area contributed by atoms with Crippen LogP contribution in [0.2, 0.25) is 0 Å². The van der Waals surface area contributed by atoms with Crippen molar-refractivity contribution in [3.63, 3.8) is 0 Å². The fourth-order valence-electron chi connectivity index (χ4n) is 2.06. The number of hydrogen-bond donors (Lipinski definition) is 0. The molecule has 0 saturated carbocycles. The Bertz CT molecular complexity index is 362. The number of hydrogen-bond acceptors (Lipinski definition) is 4. The van der Waals surface area contributed by atoms with E-state index < -0.39 is 0 Å². The fourth-order valence-corrected chi connectivity index (χ4v) is 2.06. The highest BCUT2D eigenvalue weighted by Crippen LogP contribution is 2.29. The summed E-state index contributed by atoms with van der Waals surface area (Å²) >= 11 is 0. The van der Waals surface area contributed by atoms with Crippen LogP contribution in [-0.2, 0) is 9.47 Å². The van der Waals surface area contributed by atoms with Crippen LogP contribution >= 0.6 is 0 Å². The first-order chi connectivity index (χ1) is 8.66. The molecule has 0 bridgehead atoms. The van der Waals surface area contributed by atoms with Gasteiger partial charge in [-0.2, -0.15) is 0 Å². The van der Waals surface area contributed by atoms with Crippen molar-refractivity contribution < 1.29 is 9.47 Å². The largest absolute Gasteiger partial charge is 0.478 e. The average Bonchev–Trinajstić information content (AvgIpc) is 2.84. The molecule has 2 atom stereocenters. The molecule has 116 valence electrons. The van der Waals surface area contributed by atoms with E-state index in [9.17, 15) is 0 Å². The molecule has 0 saturated heterocycles. The third kappa shape index (κ3) is 3.97. The normalized spacial score (nSPS) is 26.3. The van der Waals surface area contributed by atoms with E-state index in [0.29, 0.717) is 19.6 Å². The van der Waals surface area contributed by atoms with Gasteiger partial charge < -0.3 is 9.47 Å². The quantitative estimate of drug-likeness (QED) is 0.775. The van der Waals surface area contributed by atoms with Crippen molar-refractivity contribution in [3.8, 4) is 0 Å². The molecular formula is C16H30N2O2. The second-order valence-corrected chi connectivity index (χ2v) is 7.61. The van der Waals surface area contributed by atoms with E-state index in [1.807, 2.05) is 0 Å². The molecule has 0 amide bonds. The molecule has 0 aromatic heterocycles. The van der Waals surface area contributed by atoms with E-state index in [-0.39, 0.29) is 30.3 Å². The highest BCUT2D eigenvalue weighted by molar-refractivity contribution is 5.98. The fraction of sp³-hybridized carbons (Fsp3) is 0.875. The number of ether oxygens (including phenoxy) is 2. The van der Waals surface area contributed by atoms with Gasteiger partial charge in [-0.15, -0.1) is 0 Å². The first kappa shape index (κ1) is 17.0. The van der Waals surface area contributed by atoms with Crippen molar-refractivity contribution >= 4 is 11.8 Å². The molecule has 2 aliphatic heterocycles. The summed E-state index contributed by atoms with van der Waals surface area (Å²) in [5.74, 6) is 1.54. The predicted molar refractivity (Wildman–Crippen MR) is 84.6 cm³/mol. The summed E-state index contributed by atoms with van der Waals surface area (Å²) in [7, 11) is 0. The summed E-state index contributed by atoms with van der Waals surface area (Å²) in [6.45, 7) is 14.5. The Hall–Kier alpha value is -1.06. The SMILES string of the molecule is C.CC(C)(C)[C@H]1COC(CC2=N[C@@H](C(C)(C)C)CO2)=N1. The number of aliphatic imine (C=N–C) groups is 2. The van der Waals surface area contributed by atoms with E-state index in [4.69, 9.17) is 9.47 Å². The maximum absolute atomic E-state index is 5.66. The highest BCUT2D eigenvalue weighted by atomic mass is 16.5. The third-order valence-electron chi connectivity index (χ3n) is 3.72. The minimum atomic E-state index is 0. The Morgan fingerprint density at radius 3 is 1.45 bits per heavy atom. The second kappa shape index (κ2) is 5.74. The lowest BCUT2D eigenvalue weighted by Crippen LogP contribution is -2.25. The summed E-state index contributed by atoms with van der Waals surface area (Å²) in [6.07, 6.45) is 0.596. The van der Waals surface area contributed by atoms with Crippen LogP contribution in [0.4, 0.5) is 0 Å². The van der Waals surface area contributed by atoms with Gasteiger partial charge >= 0.3 is 0 Å². The zero-order valence-electron chi connectivity index (χ0n) is 13.0. The summed E-state index contributed by atoms with van der Waals surface area (Å²) in [5, 5.41) is 0. The lowest BCUT2D eigenvalue weighted by atomic mass is 9.88. The molecule has 2 aliphatic rings. The van der Waals surface area contributed by atoms with Crippen molar-refractivity contribution in [1.82, 2.24) is 0 Å². The Kier molecular flexibility index (Phi) is 4.88. The van der Waals surface area contributed by atoms with Gasteiger partial charge in [0, 0.05) is 0 Å². The minimum absolute atomic E-state index is 0. The minimum Gasteiger partial charge on any atom is -0.478 e. The molecule has 0 aromatic rings. The van der Waals surface area contributed by atoms with E-state index in [0.717, 1.165) is 11.8 Å². The molecule has 0 fully saturated rings. The summed E-state index contributed by atoms with van der Waals surface area (Å²) in [6, 6.07) is 0.478. The van der Waals surface area contributed by atoms with Gasteiger partial charge in [0.2, 0.25) is 0 Å². The van der Waals surface area contributed by atoms with E-state index in [2.05, 4.69) is 51.5 Å². The van der Waals surface area contributed by atoms with Crippen LogP contribution in [0.15, 0.2) is 9.98 Å². The van der Waals surface area contributed by atoms with Crippen molar-refractivity contribution in [1.29, 1.82) is 0 Å². The lowest BCUT2D eigenvalue weighted by molar-refractivity contribution is 0.228. The molecule has 0 unspecified atom stereocenters. The molecular weight excluding hydrogens is 252 g/mol. The standard InChI is InChI=1S/C15H26N2O2.CH4/c1-14(2,3)10-8-18-12(16-10)7-13-17-11(9-19-13)15(4,5)6;/h10-11H,7-9H2,1-6H3;1H4/t10-,11-;/m1./s1. The Morgan fingerprint density at radius 1 is 0.850 bits per heavy atom.